The highest BCUT2D eigenvalue weighted by Gasteiger charge is 2.33. The van der Waals surface area contributed by atoms with Crippen molar-refractivity contribution in [3.63, 3.8) is 0 Å². The van der Waals surface area contributed by atoms with E-state index in [9.17, 15) is 24.9 Å². The summed E-state index contributed by atoms with van der Waals surface area (Å²) in [5.41, 5.74) is 3.81. The van der Waals surface area contributed by atoms with Crippen LogP contribution in [0.1, 0.15) is 72.9 Å². The third-order valence-electron chi connectivity index (χ3n) is 7.38. The molecule has 1 amide bonds. The molecule has 4 atom stereocenters. The number of likely N-dealkylation sites (N-methyl/N-ethyl adjacent to an activating group) is 1. The van der Waals surface area contributed by atoms with Gasteiger partial charge >= 0.3 is 5.97 Å². The zero-order valence-corrected chi connectivity index (χ0v) is 24.3. The van der Waals surface area contributed by atoms with Crippen LogP contribution in [-0.4, -0.2) is 63.4 Å². The molecule has 1 fully saturated rings. The van der Waals surface area contributed by atoms with E-state index in [0.29, 0.717) is 43.6 Å². The van der Waals surface area contributed by atoms with E-state index in [-0.39, 0.29) is 43.3 Å². The van der Waals surface area contributed by atoms with E-state index >= 15 is 0 Å². The first kappa shape index (κ1) is 32.1. The normalized spacial score (nSPS) is 19.2. The van der Waals surface area contributed by atoms with Crippen LogP contribution in [0.4, 0.5) is 5.69 Å². The van der Waals surface area contributed by atoms with Crippen molar-refractivity contribution in [3.05, 3.63) is 95.1 Å². The number of nitrogens with zero attached hydrogens (tertiary/aromatic N) is 1. The predicted octanol–water partition coefficient (Wildman–Crippen LogP) is 4.68. The number of phenols is 1. The molecule has 0 saturated carbocycles. The largest absolute Gasteiger partial charge is 0.508 e. The summed E-state index contributed by atoms with van der Waals surface area (Å²) in [5.74, 6) is -0.941. The van der Waals surface area contributed by atoms with Gasteiger partial charge in [-0.1, -0.05) is 48.5 Å². The molecule has 0 aliphatic carbocycles. The molecule has 5 N–H and O–H groups in total. The van der Waals surface area contributed by atoms with Crippen LogP contribution in [0.3, 0.4) is 0 Å². The lowest BCUT2D eigenvalue weighted by atomic mass is 9.99. The van der Waals surface area contributed by atoms with Gasteiger partial charge in [0, 0.05) is 43.6 Å². The number of unbranched alkanes of at least 4 members (excludes halogenated alkanes) is 1. The molecule has 0 aromatic heterocycles. The molecule has 0 radical (unpaired) electrons. The number of aliphatic hydroxyl groups excluding tert-OH is 2. The molecule has 0 bridgehead atoms. The molecule has 10 nitrogen and oxygen atoms in total. The van der Waals surface area contributed by atoms with Gasteiger partial charge in [0.25, 0.3) is 0 Å². The molecule has 230 valence electrons. The Hall–Kier alpha value is -3.80. The van der Waals surface area contributed by atoms with Crippen molar-refractivity contribution in [2.75, 3.05) is 25.5 Å². The number of aliphatic hydroxyl groups is 2. The van der Waals surface area contributed by atoms with E-state index < -0.39 is 18.4 Å². The van der Waals surface area contributed by atoms with Gasteiger partial charge < -0.3 is 40.1 Å². The molecule has 1 aliphatic rings. The molecule has 0 spiro atoms. The number of ether oxygens (including phenoxy) is 2. The molecular weight excluding hydrogens is 552 g/mol. The topological polar surface area (TPSA) is 149 Å². The lowest BCUT2D eigenvalue weighted by molar-refractivity contribution is -0.252. The molecule has 43 heavy (non-hydrogen) atoms. The highest BCUT2D eigenvalue weighted by Crippen LogP contribution is 2.38. The molecule has 4 rings (SSSR count). The number of benzene rings is 3. The predicted molar refractivity (Wildman–Crippen MR) is 160 cm³/mol. The van der Waals surface area contributed by atoms with Crippen LogP contribution in [0.2, 0.25) is 0 Å². The summed E-state index contributed by atoms with van der Waals surface area (Å²) < 4.78 is 12.8. The number of nitrogens with one attached hydrogen (secondary N) is 1. The minimum atomic E-state index is -0.868. The van der Waals surface area contributed by atoms with Gasteiger partial charge in [-0.2, -0.15) is 0 Å². The first-order valence-electron chi connectivity index (χ1n) is 14.5. The fraction of sp³-hybridized carbons (Fsp3) is 0.394. The number of carboxylic acid groups (broad SMARTS) is 1. The Balaban J connectivity index is 1.42. The molecule has 10 heteroatoms. The zero-order chi connectivity index (χ0) is 30.8. The van der Waals surface area contributed by atoms with Gasteiger partial charge in [0.15, 0.2) is 6.29 Å². The Morgan fingerprint density at radius 2 is 1.67 bits per heavy atom. The molecular formula is C33H40N2O8. The SMILES string of the molecule is CN(C[C@@H]1C[C@H](c2ccc(CO)cc2)O[C@H](c2ccc(NC(=O)CCCCC(=O)O)cc2)O1)C[C@@H](O)c1cccc(O)c1. The van der Waals surface area contributed by atoms with E-state index in [0.717, 1.165) is 16.7 Å². The maximum Gasteiger partial charge on any atom is 0.303 e. The fourth-order valence-corrected chi connectivity index (χ4v) is 5.10. The number of rotatable bonds is 14. The van der Waals surface area contributed by atoms with Gasteiger partial charge in [-0.25, -0.2) is 0 Å². The average Bonchev–Trinajstić information content (AvgIpc) is 2.99. The highest BCUT2D eigenvalue weighted by molar-refractivity contribution is 5.90. The number of phenolic OH excluding ortho intramolecular Hbond substituents is 1. The third-order valence-corrected chi connectivity index (χ3v) is 7.38. The summed E-state index contributed by atoms with van der Waals surface area (Å²) in [6.45, 7) is 0.823. The van der Waals surface area contributed by atoms with Crippen molar-refractivity contribution in [1.82, 2.24) is 4.90 Å². The number of hydrogen-bond acceptors (Lipinski definition) is 8. The van der Waals surface area contributed by atoms with Crippen LogP contribution in [0.15, 0.2) is 72.8 Å². The molecule has 3 aromatic carbocycles. The summed E-state index contributed by atoms with van der Waals surface area (Å²) >= 11 is 0. The van der Waals surface area contributed by atoms with Crippen molar-refractivity contribution in [2.24, 2.45) is 0 Å². The number of anilines is 1. The number of aliphatic carboxylic acids is 1. The second-order valence-corrected chi connectivity index (χ2v) is 11.0. The number of amides is 1. The van der Waals surface area contributed by atoms with Crippen molar-refractivity contribution in [3.8, 4) is 5.75 Å². The van der Waals surface area contributed by atoms with E-state index in [4.69, 9.17) is 14.6 Å². The van der Waals surface area contributed by atoms with Crippen LogP contribution in [-0.2, 0) is 25.7 Å². The van der Waals surface area contributed by atoms with E-state index in [2.05, 4.69) is 5.32 Å². The molecule has 1 heterocycles. The van der Waals surface area contributed by atoms with Crippen molar-refractivity contribution >= 4 is 17.6 Å². The van der Waals surface area contributed by atoms with Gasteiger partial charge in [0.2, 0.25) is 5.91 Å². The van der Waals surface area contributed by atoms with Gasteiger partial charge in [-0.05, 0) is 60.8 Å². The van der Waals surface area contributed by atoms with Gasteiger partial charge in [0.05, 0.1) is 24.9 Å². The second-order valence-electron chi connectivity index (χ2n) is 11.0. The van der Waals surface area contributed by atoms with E-state index in [1.165, 1.54) is 0 Å². The standard InChI is InChI=1S/C33H40N2O8/c1-35(20-29(38)25-5-4-6-27(37)17-25)19-28-18-30(23-11-9-22(21-36)10-12-23)43-33(42-28)24-13-15-26(16-14-24)34-31(39)7-2-3-8-32(40)41/h4-6,9-17,28-30,33,36-38H,2-3,7-8,18-21H2,1H3,(H,34,39)(H,40,41)/t28-,29+,30+,33+/m0/s1. The summed E-state index contributed by atoms with van der Waals surface area (Å²) in [6.07, 6.45) is -0.132. The molecule has 1 aliphatic heterocycles. The monoisotopic (exact) mass is 592 g/mol. The maximum atomic E-state index is 12.3. The number of carbonyl (C=O) groups excluding carboxylic acids is 1. The lowest BCUT2D eigenvalue weighted by Crippen LogP contribution is -2.39. The van der Waals surface area contributed by atoms with Crippen LogP contribution >= 0.6 is 0 Å². The van der Waals surface area contributed by atoms with Crippen molar-refractivity contribution < 1.29 is 39.5 Å². The van der Waals surface area contributed by atoms with Gasteiger partial charge in [-0.3, -0.25) is 9.59 Å². The van der Waals surface area contributed by atoms with E-state index in [1.54, 1.807) is 36.4 Å². The average molecular weight is 593 g/mol. The Morgan fingerprint density at radius 1 is 0.977 bits per heavy atom. The summed E-state index contributed by atoms with van der Waals surface area (Å²) in [4.78, 5) is 24.9. The second kappa shape index (κ2) is 15.6. The highest BCUT2D eigenvalue weighted by atomic mass is 16.7. The maximum absolute atomic E-state index is 12.3. The minimum Gasteiger partial charge on any atom is -0.508 e. The quantitative estimate of drug-likeness (QED) is 0.168. The van der Waals surface area contributed by atoms with Gasteiger partial charge in [-0.15, -0.1) is 0 Å². The number of carboxylic acids is 1. The Morgan fingerprint density at radius 3 is 2.35 bits per heavy atom. The van der Waals surface area contributed by atoms with Crippen molar-refractivity contribution in [2.45, 2.75) is 63.3 Å². The smallest absolute Gasteiger partial charge is 0.303 e. The van der Waals surface area contributed by atoms with Crippen LogP contribution in [0.5, 0.6) is 5.75 Å². The van der Waals surface area contributed by atoms with Crippen LogP contribution in [0.25, 0.3) is 0 Å². The van der Waals surface area contributed by atoms with Crippen molar-refractivity contribution in [1.29, 1.82) is 0 Å². The molecule has 0 unspecified atom stereocenters. The Kier molecular flexibility index (Phi) is 11.7. The first-order chi connectivity index (χ1) is 20.7. The minimum absolute atomic E-state index is 0.0440. The third kappa shape index (κ3) is 9.87. The number of hydrogen-bond donors (Lipinski definition) is 5. The van der Waals surface area contributed by atoms with E-state index in [1.807, 2.05) is 48.3 Å². The fourth-order valence-electron chi connectivity index (χ4n) is 5.10. The number of carbonyl (C=O) groups is 2. The lowest BCUT2D eigenvalue weighted by Gasteiger charge is -2.38. The zero-order valence-electron chi connectivity index (χ0n) is 24.3. The van der Waals surface area contributed by atoms with Gasteiger partial charge in [0.1, 0.15) is 5.75 Å². The Bertz CT molecular complexity index is 1330. The molecule has 3 aromatic rings. The summed E-state index contributed by atoms with van der Waals surface area (Å²) in [7, 11) is 1.91. The number of aromatic hydroxyl groups is 1. The molecule has 1 saturated heterocycles. The summed E-state index contributed by atoms with van der Waals surface area (Å²) in [6, 6.07) is 21.5. The van der Waals surface area contributed by atoms with Crippen LogP contribution in [0, 0.1) is 0 Å². The summed E-state index contributed by atoms with van der Waals surface area (Å²) in [5, 5.41) is 41.5. The first-order valence-corrected chi connectivity index (χ1v) is 14.5. The Labute approximate surface area is 251 Å². The van der Waals surface area contributed by atoms with Crippen LogP contribution < -0.4 is 5.32 Å².